The summed E-state index contributed by atoms with van der Waals surface area (Å²) in [5.41, 5.74) is 3.45. The van der Waals surface area contributed by atoms with E-state index in [0.29, 0.717) is 13.1 Å². The Balaban J connectivity index is 1.82. The van der Waals surface area contributed by atoms with E-state index in [1.807, 2.05) is 36.4 Å². The van der Waals surface area contributed by atoms with Gasteiger partial charge < -0.3 is 10.2 Å². The van der Waals surface area contributed by atoms with Crippen molar-refractivity contribution in [2.45, 2.75) is 20.3 Å². The Hall–Kier alpha value is -2.00. The maximum Gasteiger partial charge on any atom is 0.239 e. The molecule has 0 radical (unpaired) electrons. The molecule has 0 atom stereocenters. The molecule has 0 aliphatic carbocycles. The molecule has 1 amide bonds. The molecular formula is C19H23ClN2O. The molecule has 122 valence electrons. The van der Waals surface area contributed by atoms with Gasteiger partial charge in [0.15, 0.2) is 0 Å². The Labute approximate surface area is 143 Å². The number of nitrogens with zero attached hydrogens (tertiary/aromatic N) is 1. The fourth-order valence-electron chi connectivity index (χ4n) is 2.44. The van der Waals surface area contributed by atoms with Gasteiger partial charge in [0.2, 0.25) is 5.91 Å². The number of amides is 1. The molecule has 2 aromatic carbocycles. The maximum absolute atomic E-state index is 12.1. The van der Waals surface area contributed by atoms with E-state index in [1.54, 1.807) is 0 Å². The first-order valence-electron chi connectivity index (χ1n) is 7.91. The van der Waals surface area contributed by atoms with Crippen LogP contribution in [0.2, 0.25) is 5.02 Å². The molecule has 0 aliphatic heterocycles. The fourth-order valence-corrected chi connectivity index (χ4v) is 2.56. The van der Waals surface area contributed by atoms with E-state index in [9.17, 15) is 4.79 Å². The first-order valence-corrected chi connectivity index (χ1v) is 8.29. The third kappa shape index (κ3) is 5.61. The van der Waals surface area contributed by atoms with Gasteiger partial charge in [-0.3, -0.25) is 4.79 Å². The van der Waals surface area contributed by atoms with Crippen molar-refractivity contribution in [3.8, 4) is 0 Å². The number of aryl methyl sites for hydroxylation is 1. The Morgan fingerprint density at radius 3 is 2.57 bits per heavy atom. The predicted molar refractivity (Wildman–Crippen MR) is 97.2 cm³/mol. The number of likely N-dealkylation sites (N-methyl/N-ethyl adjacent to an activating group) is 1. The van der Waals surface area contributed by atoms with E-state index in [2.05, 4.69) is 36.2 Å². The number of anilines is 1. The van der Waals surface area contributed by atoms with E-state index in [0.717, 1.165) is 23.7 Å². The smallest absolute Gasteiger partial charge is 0.239 e. The van der Waals surface area contributed by atoms with Crippen LogP contribution in [0.5, 0.6) is 0 Å². The summed E-state index contributed by atoms with van der Waals surface area (Å²) in [6, 6.07) is 15.9. The topological polar surface area (TPSA) is 32.3 Å². The Kier molecular flexibility index (Phi) is 6.48. The van der Waals surface area contributed by atoms with Crippen molar-refractivity contribution >= 4 is 23.2 Å². The van der Waals surface area contributed by atoms with Crippen LogP contribution in [-0.4, -0.2) is 25.5 Å². The zero-order valence-corrected chi connectivity index (χ0v) is 14.4. The van der Waals surface area contributed by atoms with Crippen LogP contribution in [0.1, 0.15) is 18.1 Å². The quantitative estimate of drug-likeness (QED) is 0.836. The molecule has 0 aliphatic rings. The fraction of sp³-hybridized carbons (Fsp3) is 0.316. The second-order valence-corrected chi connectivity index (χ2v) is 6.02. The summed E-state index contributed by atoms with van der Waals surface area (Å²) in [4.78, 5) is 14.2. The van der Waals surface area contributed by atoms with Gasteiger partial charge in [-0.05, 0) is 55.7 Å². The minimum absolute atomic E-state index is 0.0438. The summed E-state index contributed by atoms with van der Waals surface area (Å²) < 4.78 is 0. The van der Waals surface area contributed by atoms with E-state index in [-0.39, 0.29) is 5.91 Å². The number of halogens is 1. The third-order valence-corrected chi connectivity index (χ3v) is 3.98. The maximum atomic E-state index is 12.1. The molecule has 0 heterocycles. The third-order valence-electron chi connectivity index (χ3n) is 3.73. The zero-order valence-electron chi connectivity index (χ0n) is 13.7. The van der Waals surface area contributed by atoms with Gasteiger partial charge in [0.05, 0.1) is 6.54 Å². The number of nitrogens with one attached hydrogen (secondary N) is 1. The van der Waals surface area contributed by atoms with E-state index in [4.69, 9.17) is 11.6 Å². The number of carbonyl (C=O) groups excluding carboxylic acids is 1. The van der Waals surface area contributed by atoms with Crippen molar-refractivity contribution in [3.63, 3.8) is 0 Å². The van der Waals surface area contributed by atoms with Crippen molar-refractivity contribution in [2.75, 3.05) is 24.5 Å². The highest BCUT2D eigenvalue weighted by atomic mass is 35.5. The van der Waals surface area contributed by atoms with Crippen molar-refractivity contribution in [1.82, 2.24) is 5.32 Å². The molecule has 4 heteroatoms. The van der Waals surface area contributed by atoms with E-state index in [1.165, 1.54) is 11.1 Å². The lowest BCUT2D eigenvalue weighted by molar-refractivity contribution is -0.119. The second kappa shape index (κ2) is 8.59. The lowest BCUT2D eigenvalue weighted by atomic mass is 10.1. The summed E-state index contributed by atoms with van der Waals surface area (Å²) in [6.07, 6.45) is 0.805. The van der Waals surface area contributed by atoms with Crippen LogP contribution in [0.25, 0.3) is 0 Å². The predicted octanol–water partition coefficient (Wildman–Crippen LogP) is 3.83. The van der Waals surface area contributed by atoms with Crippen LogP contribution < -0.4 is 10.2 Å². The lowest BCUT2D eigenvalue weighted by Gasteiger charge is -2.22. The minimum atomic E-state index is 0.0438. The molecule has 23 heavy (non-hydrogen) atoms. The molecule has 0 saturated carbocycles. The summed E-state index contributed by atoms with van der Waals surface area (Å²) in [5, 5.41) is 3.71. The molecule has 2 aromatic rings. The average molecular weight is 331 g/mol. The van der Waals surface area contributed by atoms with Crippen molar-refractivity contribution in [1.29, 1.82) is 0 Å². The van der Waals surface area contributed by atoms with E-state index >= 15 is 0 Å². The van der Waals surface area contributed by atoms with Gasteiger partial charge in [0.25, 0.3) is 0 Å². The molecule has 0 saturated heterocycles. The molecule has 0 aromatic heterocycles. The Morgan fingerprint density at radius 2 is 1.91 bits per heavy atom. The van der Waals surface area contributed by atoms with E-state index < -0.39 is 0 Å². The van der Waals surface area contributed by atoms with Gasteiger partial charge in [-0.2, -0.15) is 0 Å². The molecule has 0 fully saturated rings. The molecule has 1 N–H and O–H groups in total. The summed E-state index contributed by atoms with van der Waals surface area (Å²) >= 11 is 5.86. The molecule has 3 nitrogen and oxygen atoms in total. The number of carbonyl (C=O) groups is 1. The second-order valence-electron chi connectivity index (χ2n) is 5.58. The van der Waals surface area contributed by atoms with Gasteiger partial charge in [-0.15, -0.1) is 0 Å². The number of hydrogen-bond acceptors (Lipinski definition) is 2. The largest absolute Gasteiger partial charge is 0.362 e. The standard InChI is InChI=1S/C19H23ClN2O/c1-3-22(18-6-4-5-15(2)13-18)14-19(23)21-12-11-16-7-9-17(20)10-8-16/h4-10,13H,3,11-12,14H2,1-2H3,(H,21,23). The number of benzene rings is 2. The van der Waals surface area contributed by atoms with Gasteiger partial charge in [0, 0.05) is 23.8 Å². The first kappa shape index (κ1) is 17.4. The highest BCUT2D eigenvalue weighted by Crippen LogP contribution is 2.15. The molecule has 2 rings (SSSR count). The van der Waals surface area contributed by atoms with Gasteiger partial charge in [-0.1, -0.05) is 35.9 Å². The highest BCUT2D eigenvalue weighted by Gasteiger charge is 2.09. The Bertz CT molecular complexity index is 640. The number of rotatable bonds is 7. The summed E-state index contributed by atoms with van der Waals surface area (Å²) in [5.74, 6) is 0.0438. The van der Waals surface area contributed by atoms with Crippen molar-refractivity contribution < 1.29 is 4.79 Å². The van der Waals surface area contributed by atoms with Crippen LogP contribution in [-0.2, 0) is 11.2 Å². The molecular weight excluding hydrogens is 308 g/mol. The van der Waals surface area contributed by atoms with Gasteiger partial charge in [0.1, 0.15) is 0 Å². The zero-order chi connectivity index (χ0) is 16.7. The van der Waals surface area contributed by atoms with Crippen LogP contribution in [0, 0.1) is 6.92 Å². The number of hydrogen-bond donors (Lipinski definition) is 1. The van der Waals surface area contributed by atoms with Crippen LogP contribution >= 0.6 is 11.6 Å². The molecule has 0 unspecified atom stereocenters. The normalized spacial score (nSPS) is 10.4. The minimum Gasteiger partial charge on any atom is -0.362 e. The van der Waals surface area contributed by atoms with Gasteiger partial charge >= 0.3 is 0 Å². The summed E-state index contributed by atoms with van der Waals surface area (Å²) in [6.45, 7) is 5.92. The Morgan fingerprint density at radius 1 is 1.17 bits per heavy atom. The summed E-state index contributed by atoms with van der Waals surface area (Å²) in [7, 11) is 0. The van der Waals surface area contributed by atoms with Crippen molar-refractivity contribution in [3.05, 3.63) is 64.7 Å². The van der Waals surface area contributed by atoms with Gasteiger partial charge in [-0.25, -0.2) is 0 Å². The van der Waals surface area contributed by atoms with Crippen LogP contribution in [0.15, 0.2) is 48.5 Å². The first-order chi connectivity index (χ1) is 11.1. The highest BCUT2D eigenvalue weighted by molar-refractivity contribution is 6.30. The van der Waals surface area contributed by atoms with Crippen LogP contribution in [0.3, 0.4) is 0 Å². The SMILES string of the molecule is CCN(CC(=O)NCCc1ccc(Cl)cc1)c1cccc(C)c1. The lowest BCUT2D eigenvalue weighted by Crippen LogP contribution is -2.38. The average Bonchev–Trinajstić information content (AvgIpc) is 2.54. The van der Waals surface area contributed by atoms with Crippen LogP contribution in [0.4, 0.5) is 5.69 Å². The molecule has 0 bridgehead atoms. The van der Waals surface area contributed by atoms with Crippen molar-refractivity contribution in [2.24, 2.45) is 0 Å². The monoisotopic (exact) mass is 330 g/mol. The molecule has 0 spiro atoms.